The molecule has 0 aliphatic heterocycles. The molecule has 0 amide bonds. The Balaban J connectivity index is 2.01. The van der Waals surface area contributed by atoms with Crippen molar-refractivity contribution in [2.45, 2.75) is 26.7 Å². The van der Waals surface area contributed by atoms with E-state index in [4.69, 9.17) is 4.74 Å². The molecule has 1 N–H and O–H groups in total. The second-order valence-corrected chi connectivity index (χ2v) is 5.63. The second kappa shape index (κ2) is 5.64. The van der Waals surface area contributed by atoms with Gasteiger partial charge in [-0.2, -0.15) is 0 Å². The highest BCUT2D eigenvalue weighted by molar-refractivity contribution is 5.97. The van der Waals surface area contributed by atoms with Crippen LogP contribution in [-0.2, 0) is 0 Å². The van der Waals surface area contributed by atoms with Gasteiger partial charge in [0.2, 0.25) is 5.88 Å². The number of nitrogens with one attached hydrogen (secondary N) is 1. The maximum Gasteiger partial charge on any atom is 0.219 e. The summed E-state index contributed by atoms with van der Waals surface area (Å²) >= 11 is 0. The fourth-order valence-corrected chi connectivity index (χ4v) is 2.36. The van der Waals surface area contributed by atoms with Crippen LogP contribution in [0.3, 0.4) is 0 Å². The van der Waals surface area contributed by atoms with Crippen LogP contribution < -0.4 is 4.74 Å². The molecule has 0 unspecified atom stereocenters. The first-order valence-corrected chi connectivity index (χ1v) is 7.31. The van der Waals surface area contributed by atoms with Gasteiger partial charge in [-0.1, -0.05) is 19.9 Å². The number of aromatic amines is 1. The molecule has 0 atom stereocenters. The van der Waals surface area contributed by atoms with E-state index >= 15 is 0 Å². The number of hydrogen-bond acceptors (Lipinski definition) is 3. The number of benzene rings is 1. The molecule has 0 saturated heterocycles. The Morgan fingerprint density at radius 3 is 2.73 bits per heavy atom. The third kappa shape index (κ3) is 2.72. The van der Waals surface area contributed by atoms with Crippen LogP contribution in [0.1, 0.15) is 42.6 Å². The summed E-state index contributed by atoms with van der Waals surface area (Å²) in [7, 11) is 0. The molecule has 2 heterocycles. The largest absolute Gasteiger partial charge is 0.438 e. The number of ether oxygens (including phenoxy) is 1. The van der Waals surface area contributed by atoms with Gasteiger partial charge in [-0.25, -0.2) is 4.98 Å². The molecule has 0 aliphatic carbocycles. The first-order chi connectivity index (χ1) is 10.5. The smallest absolute Gasteiger partial charge is 0.219 e. The van der Waals surface area contributed by atoms with E-state index in [-0.39, 0.29) is 5.78 Å². The van der Waals surface area contributed by atoms with Gasteiger partial charge in [0.1, 0.15) is 5.75 Å². The highest BCUT2D eigenvalue weighted by atomic mass is 16.5. The standard InChI is InChI=1S/C18H18N2O2/c1-11(2)13-4-5-14(12(3)21)17(10-13)22-18-7-6-15-16(20-18)8-9-19-15/h4-11,19H,1-3H3. The van der Waals surface area contributed by atoms with E-state index in [1.807, 2.05) is 36.5 Å². The van der Waals surface area contributed by atoms with Crippen molar-refractivity contribution in [1.29, 1.82) is 0 Å². The van der Waals surface area contributed by atoms with Crippen LogP contribution in [0, 0.1) is 0 Å². The molecule has 0 radical (unpaired) electrons. The normalized spacial score (nSPS) is 11.1. The van der Waals surface area contributed by atoms with Gasteiger partial charge >= 0.3 is 0 Å². The highest BCUT2D eigenvalue weighted by Crippen LogP contribution is 2.29. The van der Waals surface area contributed by atoms with Crippen molar-refractivity contribution in [3.05, 3.63) is 53.7 Å². The molecule has 0 aliphatic rings. The molecule has 1 aromatic carbocycles. The van der Waals surface area contributed by atoms with Crippen LogP contribution in [0.25, 0.3) is 11.0 Å². The lowest BCUT2D eigenvalue weighted by Gasteiger charge is -2.12. The van der Waals surface area contributed by atoms with Crippen molar-refractivity contribution < 1.29 is 9.53 Å². The van der Waals surface area contributed by atoms with Crippen molar-refractivity contribution in [3.8, 4) is 11.6 Å². The molecule has 2 aromatic heterocycles. The lowest BCUT2D eigenvalue weighted by molar-refractivity contribution is 0.101. The summed E-state index contributed by atoms with van der Waals surface area (Å²) in [5, 5.41) is 0. The average molecular weight is 294 g/mol. The van der Waals surface area contributed by atoms with Crippen LogP contribution in [0.5, 0.6) is 11.6 Å². The van der Waals surface area contributed by atoms with Crippen LogP contribution in [0.2, 0.25) is 0 Å². The van der Waals surface area contributed by atoms with E-state index < -0.39 is 0 Å². The summed E-state index contributed by atoms with van der Waals surface area (Å²) in [5.74, 6) is 1.38. The molecule has 112 valence electrons. The van der Waals surface area contributed by atoms with Crippen molar-refractivity contribution in [2.75, 3.05) is 0 Å². The predicted octanol–water partition coefficient (Wildman–Crippen LogP) is 4.68. The lowest BCUT2D eigenvalue weighted by Crippen LogP contribution is -2.00. The Hall–Kier alpha value is -2.62. The minimum atomic E-state index is -0.0203. The Bertz CT molecular complexity index is 834. The fraction of sp³-hybridized carbons (Fsp3) is 0.222. The summed E-state index contributed by atoms with van der Waals surface area (Å²) in [6, 6.07) is 11.3. The van der Waals surface area contributed by atoms with Crippen LogP contribution in [0.15, 0.2) is 42.6 Å². The summed E-state index contributed by atoms with van der Waals surface area (Å²) in [6.07, 6.45) is 1.84. The number of Topliss-reactive ketones (excluding diaryl/α,β-unsaturated/α-hetero) is 1. The number of H-pyrrole nitrogens is 1. The molecule has 0 fully saturated rings. The van der Waals surface area contributed by atoms with Crippen molar-refractivity contribution in [3.63, 3.8) is 0 Å². The topological polar surface area (TPSA) is 55.0 Å². The van der Waals surface area contributed by atoms with E-state index in [9.17, 15) is 4.79 Å². The molecular formula is C18H18N2O2. The zero-order valence-corrected chi connectivity index (χ0v) is 12.9. The Labute approximate surface area is 129 Å². The Morgan fingerprint density at radius 1 is 1.18 bits per heavy atom. The Morgan fingerprint density at radius 2 is 2.00 bits per heavy atom. The fourth-order valence-electron chi connectivity index (χ4n) is 2.36. The van der Waals surface area contributed by atoms with Crippen LogP contribution in [-0.4, -0.2) is 15.8 Å². The zero-order valence-electron chi connectivity index (χ0n) is 12.9. The summed E-state index contributed by atoms with van der Waals surface area (Å²) in [6.45, 7) is 5.76. The molecule has 3 aromatic rings. The molecule has 0 saturated carbocycles. The SMILES string of the molecule is CC(=O)c1ccc(C(C)C)cc1Oc1ccc2[nH]ccc2n1. The lowest BCUT2D eigenvalue weighted by atomic mass is 10.00. The minimum Gasteiger partial charge on any atom is -0.438 e. The summed E-state index contributed by atoms with van der Waals surface area (Å²) < 4.78 is 5.89. The van der Waals surface area contributed by atoms with Gasteiger partial charge in [-0.3, -0.25) is 4.79 Å². The van der Waals surface area contributed by atoms with Gasteiger partial charge in [0.15, 0.2) is 5.78 Å². The first-order valence-electron chi connectivity index (χ1n) is 7.31. The number of ketones is 1. The first kappa shape index (κ1) is 14.3. The number of fused-ring (bicyclic) bond motifs is 1. The van der Waals surface area contributed by atoms with Crippen molar-refractivity contribution in [2.24, 2.45) is 0 Å². The van der Waals surface area contributed by atoms with Gasteiger partial charge < -0.3 is 9.72 Å². The van der Waals surface area contributed by atoms with Gasteiger partial charge in [-0.05, 0) is 42.7 Å². The molecule has 0 bridgehead atoms. The molecular weight excluding hydrogens is 276 g/mol. The molecule has 22 heavy (non-hydrogen) atoms. The summed E-state index contributed by atoms with van der Waals surface area (Å²) in [5.41, 5.74) is 3.49. The molecule has 4 heteroatoms. The zero-order chi connectivity index (χ0) is 15.7. The second-order valence-electron chi connectivity index (χ2n) is 5.63. The summed E-state index contributed by atoms with van der Waals surface area (Å²) in [4.78, 5) is 19.3. The maximum atomic E-state index is 11.8. The van der Waals surface area contributed by atoms with Crippen molar-refractivity contribution in [1.82, 2.24) is 9.97 Å². The molecule has 0 spiro atoms. The van der Waals surface area contributed by atoms with Gasteiger partial charge in [-0.15, -0.1) is 0 Å². The van der Waals surface area contributed by atoms with E-state index in [0.29, 0.717) is 23.1 Å². The van der Waals surface area contributed by atoms with E-state index in [1.54, 1.807) is 13.0 Å². The quantitative estimate of drug-likeness (QED) is 0.711. The number of hydrogen-bond donors (Lipinski definition) is 1. The minimum absolute atomic E-state index is 0.0203. The molecule has 3 rings (SSSR count). The number of rotatable bonds is 4. The maximum absolute atomic E-state index is 11.8. The Kier molecular flexibility index (Phi) is 3.67. The number of aromatic nitrogens is 2. The van der Waals surface area contributed by atoms with Gasteiger partial charge in [0.05, 0.1) is 16.6 Å². The number of carbonyl (C=O) groups excluding carboxylic acids is 1. The highest BCUT2D eigenvalue weighted by Gasteiger charge is 2.13. The monoisotopic (exact) mass is 294 g/mol. The average Bonchev–Trinajstić information content (AvgIpc) is 2.94. The molecule has 4 nitrogen and oxygen atoms in total. The number of nitrogens with zero attached hydrogens (tertiary/aromatic N) is 1. The van der Waals surface area contributed by atoms with Gasteiger partial charge in [0, 0.05) is 12.3 Å². The van der Waals surface area contributed by atoms with Crippen LogP contribution >= 0.6 is 0 Å². The van der Waals surface area contributed by atoms with Crippen LogP contribution in [0.4, 0.5) is 0 Å². The third-order valence-corrected chi connectivity index (χ3v) is 3.65. The van der Waals surface area contributed by atoms with E-state index in [1.165, 1.54) is 0 Å². The van der Waals surface area contributed by atoms with E-state index in [2.05, 4.69) is 23.8 Å². The van der Waals surface area contributed by atoms with E-state index in [0.717, 1.165) is 16.6 Å². The number of carbonyl (C=O) groups is 1. The van der Waals surface area contributed by atoms with Crippen molar-refractivity contribution >= 4 is 16.8 Å². The van der Waals surface area contributed by atoms with Gasteiger partial charge in [0.25, 0.3) is 0 Å². The number of pyridine rings is 1. The third-order valence-electron chi connectivity index (χ3n) is 3.65. The predicted molar refractivity (Wildman–Crippen MR) is 86.7 cm³/mol.